The molecule has 3 N–H and O–H groups in total. The van der Waals surface area contributed by atoms with Crippen LogP contribution in [-0.2, 0) is 0 Å². The lowest BCUT2D eigenvalue weighted by molar-refractivity contribution is -0.0446. The molecule has 3 aliphatic rings. The van der Waals surface area contributed by atoms with E-state index in [1.807, 2.05) is 18.2 Å². The van der Waals surface area contributed by atoms with Crippen molar-refractivity contribution in [1.29, 1.82) is 0 Å². The lowest BCUT2D eigenvalue weighted by Crippen LogP contribution is -2.65. The van der Waals surface area contributed by atoms with Crippen LogP contribution in [0.3, 0.4) is 0 Å². The molecule has 1 atom stereocenters. The van der Waals surface area contributed by atoms with Crippen molar-refractivity contribution in [2.24, 2.45) is 5.41 Å². The number of likely N-dealkylation sites (tertiary alicyclic amines) is 1. The molecule has 1 saturated carbocycles. The molecule has 6 rings (SSSR count). The first-order valence-electron chi connectivity index (χ1n) is 10.9. The monoisotopic (exact) mass is 406 g/mol. The molecule has 8 heteroatoms. The number of piperidine rings is 1. The summed E-state index contributed by atoms with van der Waals surface area (Å²) < 4.78 is 1.39. The number of nitrogens with one attached hydrogen (secondary N) is 3. The molecule has 1 spiro atoms. The van der Waals surface area contributed by atoms with Gasteiger partial charge in [0.25, 0.3) is 0 Å². The predicted molar refractivity (Wildman–Crippen MR) is 114 cm³/mol. The Kier molecular flexibility index (Phi) is 4.01. The Morgan fingerprint density at radius 1 is 1.07 bits per heavy atom. The summed E-state index contributed by atoms with van der Waals surface area (Å²) >= 11 is 0. The first kappa shape index (κ1) is 18.1. The van der Waals surface area contributed by atoms with Gasteiger partial charge >= 0.3 is 5.69 Å². The van der Waals surface area contributed by atoms with E-state index in [1.165, 1.54) is 36.7 Å². The van der Waals surface area contributed by atoms with E-state index in [-0.39, 0.29) is 17.2 Å². The topological polar surface area (TPSA) is 98.8 Å². The van der Waals surface area contributed by atoms with Crippen molar-refractivity contribution in [2.75, 3.05) is 26.2 Å². The highest BCUT2D eigenvalue weighted by molar-refractivity contribution is 5.85. The third kappa shape index (κ3) is 2.86. The van der Waals surface area contributed by atoms with E-state index in [4.69, 9.17) is 0 Å². The summed E-state index contributed by atoms with van der Waals surface area (Å²) in [6.45, 7) is 4.44. The molecular weight excluding hydrogens is 380 g/mol. The Labute approximate surface area is 173 Å². The minimum atomic E-state index is -0.262. The standard InChI is InChI=1S/C22H26N6O2/c29-18-7-6-14-3-1-5-17(19(14)24-18)28-21(30)25-20(26-28)15-4-2-8-27(11-15)16-9-22(10-16)12-23-13-22/h1,3,5-7,15-16,23H,2,4,8-13H2,(H,24,29)(H,25,26,30). The predicted octanol–water partition coefficient (Wildman–Crippen LogP) is 1.33. The average Bonchev–Trinajstić information content (AvgIpc) is 3.07. The summed E-state index contributed by atoms with van der Waals surface area (Å²) in [5, 5.41) is 8.95. The van der Waals surface area contributed by atoms with Crippen molar-refractivity contribution >= 4 is 10.9 Å². The van der Waals surface area contributed by atoms with Crippen LogP contribution in [0.1, 0.15) is 37.4 Å². The summed E-state index contributed by atoms with van der Waals surface area (Å²) in [5.41, 5.74) is 1.34. The van der Waals surface area contributed by atoms with Crippen LogP contribution in [0.15, 0.2) is 39.9 Å². The molecule has 0 amide bonds. The van der Waals surface area contributed by atoms with Gasteiger partial charge in [-0.25, -0.2) is 4.79 Å². The minimum absolute atomic E-state index is 0.193. The highest BCUT2D eigenvalue weighted by Crippen LogP contribution is 2.47. The van der Waals surface area contributed by atoms with Crippen LogP contribution < -0.4 is 16.6 Å². The fourth-order valence-corrected chi connectivity index (χ4v) is 5.55. The molecule has 2 saturated heterocycles. The number of hydrogen-bond acceptors (Lipinski definition) is 5. The van der Waals surface area contributed by atoms with Crippen LogP contribution in [0.2, 0.25) is 0 Å². The fourth-order valence-electron chi connectivity index (χ4n) is 5.55. The Hall–Kier alpha value is -2.71. The highest BCUT2D eigenvalue weighted by atomic mass is 16.2. The van der Waals surface area contributed by atoms with E-state index in [0.29, 0.717) is 22.7 Å². The summed E-state index contributed by atoms with van der Waals surface area (Å²) in [5.74, 6) is 0.983. The zero-order valence-corrected chi connectivity index (χ0v) is 16.9. The Bertz CT molecular complexity index is 1210. The quantitative estimate of drug-likeness (QED) is 0.610. The van der Waals surface area contributed by atoms with E-state index in [9.17, 15) is 9.59 Å². The normalized spacial score (nSPS) is 24.1. The zero-order chi connectivity index (χ0) is 20.3. The van der Waals surface area contributed by atoms with E-state index < -0.39 is 0 Å². The van der Waals surface area contributed by atoms with Gasteiger partial charge in [0.2, 0.25) is 5.56 Å². The molecule has 1 aromatic carbocycles. The molecule has 2 aliphatic heterocycles. The van der Waals surface area contributed by atoms with E-state index >= 15 is 0 Å². The molecule has 0 bridgehead atoms. The van der Waals surface area contributed by atoms with Crippen molar-refractivity contribution in [1.82, 2.24) is 30.0 Å². The number of rotatable bonds is 3. The Balaban J connectivity index is 1.27. The third-order valence-corrected chi connectivity index (χ3v) is 7.29. The van der Waals surface area contributed by atoms with E-state index in [2.05, 4.69) is 25.3 Å². The number of aromatic amines is 2. The van der Waals surface area contributed by atoms with Crippen LogP contribution >= 0.6 is 0 Å². The molecule has 4 heterocycles. The number of aromatic nitrogens is 4. The van der Waals surface area contributed by atoms with Gasteiger partial charge in [-0.3, -0.25) is 14.7 Å². The molecule has 2 aromatic heterocycles. The van der Waals surface area contributed by atoms with Gasteiger partial charge in [0.05, 0.1) is 11.2 Å². The SMILES string of the molecule is O=c1ccc2cccc(-n3nc(C4CCCN(C5CC6(CNC6)C5)C4)[nH]c3=O)c2[nH]1. The molecule has 156 valence electrons. The summed E-state index contributed by atoms with van der Waals surface area (Å²) in [6, 6.07) is 9.53. The van der Waals surface area contributed by atoms with Crippen molar-refractivity contribution in [2.45, 2.75) is 37.6 Å². The third-order valence-electron chi connectivity index (χ3n) is 7.29. The van der Waals surface area contributed by atoms with Crippen molar-refractivity contribution in [3.05, 3.63) is 57.0 Å². The second kappa shape index (κ2) is 6.65. The summed E-state index contributed by atoms with van der Waals surface area (Å²) in [4.78, 5) is 33.0. The fraction of sp³-hybridized carbons (Fsp3) is 0.500. The average molecular weight is 406 g/mol. The number of benzene rings is 1. The van der Waals surface area contributed by atoms with Gasteiger partial charge in [0.1, 0.15) is 5.82 Å². The first-order valence-corrected chi connectivity index (χ1v) is 10.9. The Morgan fingerprint density at radius 3 is 2.73 bits per heavy atom. The molecule has 8 nitrogen and oxygen atoms in total. The number of pyridine rings is 1. The van der Waals surface area contributed by atoms with Gasteiger partial charge in [-0.2, -0.15) is 4.68 Å². The van der Waals surface area contributed by atoms with Gasteiger partial charge < -0.3 is 10.3 Å². The van der Waals surface area contributed by atoms with Crippen molar-refractivity contribution in [3.8, 4) is 5.69 Å². The second-order valence-corrected chi connectivity index (χ2v) is 9.29. The lowest BCUT2D eigenvalue weighted by Gasteiger charge is -2.58. The van der Waals surface area contributed by atoms with Crippen molar-refractivity contribution in [3.63, 3.8) is 0 Å². The van der Waals surface area contributed by atoms with Gasteiger partial charge in [-0.15, -0.1) is 5.10 Å². The zero-order valence-electron chi connectivity index (χ0n) is 16.9. The van der Waals surface area contributed by atoms with Crippen LogP contribution in [0.25, 0.3) is 16.6 Å². The minimum Gasteiger partial charge on any atom is -0.320 e. The van der Waals surface area contributed by atoms with Crippen molar-refractivity contribution < 1.29 is 0 Å². The van der Waals surface area contributed by atoms with Gasteiger partial charge in [0.15, 0.2) is 0 Å². The van der Waals surface area contributed by atoms with Crippen LogP contribution in [0.4, 0.5) is 0 Å². The molecule has 0 radical (unpaired) electrons. The Morgan fingerprint density at radius 2 is 1.93 bits per heavy atom. The molecule has 30 heavy (non-hydrogen) atoms. The molecule has 3 aromatic rings. The number of H-pyrrole nitrogens is 2. The number of fused-ring (bicyclic) bond motifs is 1. The lowest BCUT2D eigenvalue weighted by atomic mass is 9.61. The molecular formula is C22H26N6O2. The maximum absolute atomic E-state index is 12.8. The smallest absolute Gasteiger partial charge is 0.320 e. The van der Waals surface area contributed by atoms with Gasteiger partial charge in [0, 0.05) is 43.0 Å². The van der Waals surface area contributed by atoms with E-state index in [1.54, 1.807) is 6.07 Å². The van der Waals surface area contributed by atoms with Gasteiger partial charge in [-0.1, -0.05) is 12.1 Å². The molecule has 1 aliphatic carbocycles. The van der Waals surface area contributed by atoms with Crippen LogP contribution in [0.5, 0.6) is 0 Å². The highest BCUT2D eigenvalue weighted by Gasteiger charge is 2.50. The second-order valence-electron chi connectivity index (χ2n) is 9.29. The maximum Gasteiger partial charge on any atom is 0.348 e. The number of nitrogens with zero attached hydrogens (tertiary/aromatic N) is 3. The van der Waals surface area contributed by atoms with Gasteiger partial charge in [-0.05, 0) is 49.8 Å². The maximum atomic E-state index is 12.8. The van der Waals surface area contributed by atoms with Crippen LogP contribution in [0, 0.1) is 5.41 Å². The van der Waals surface area contributed by atoms with E-state index in [0.717, 1.165) is 37.1 Å². The number of hydrogen-bond donors (Lipinski definition) is 3. The largest absolute Gasteiger partial charge is 0.348 e. The first-order chi connectivity index (χ1) is 14.6. The molecule has 1 unspecified atom stereocenters. The number of para-hydroxylation sites is 1. The summed E-state index contributed by atoms with van der Waals surface area (Å²) in [6.07, 6.45) is 4.75. The summed E-state index contributed by atoms with van der Waals surface area (Å²) in [7, 11) is 0. The molecule has 3 fully saturated rings. The van der Waals surface area contributed by atoms with Crippen LogP contribution in [-0.4, -0.2) is 56.9 Å².